The van der Waals surface area contributed by atoms with Gasteiger partial charge in [0.1, 0.15) is 19.0 Å². The van der Waals surface area contributed by atoms with Gasteiger partial charge in [0.2, 0.25) is 0 Å². The first-order valence-electron chi connectivity index (χ1n) is 10.2. The molecule has 182 valence electrons. The van der Waals surface area contributed by atoms with Crippen LogP contribution in [0.25, 0.3) is 5.82 Å². The van der Waals surface area contributed by atoms with Crippen LogP contribution in [-0.4, -0.2) is 35.7 Å². The molecule has 0 amide bonds. The predicted molar refractivity (Wildman–Crippen MR) is 118 cm³/mol. The molecule has 0 aliphatic carbocycles. The summed E-state index contributed by atoms with van der Waals surface area (Å²) in [6, 6.07) is 5.27. The Kier molecular flexibility index (Phi) is 6.38. The van der Waals surface area contributed by atoms with Gasteiger partial charge in [-0.05, 0) is 30.5 Å². The highest BCUT2D eigenvalue weighted by Gasteiger charge is 2.32. The fourth-order valence-corrected chi connectivity index (χ4v) is 4.70. The molecular weight excluding hydrogens is 497 g/mol. The van der Waals surface area contributed by atoms with Gasteiger partial charge in [0.05, 0.1) is 22.5 Å². The molecule has 1 aliphatic heterocycles. The average Bonchev–Trinajstić information content (AvgIpc) is 3.28. The molecule has 2 atom stereocenters. The second-order valence-corrected chi connectivity index (χ2v) is 9.79. The van der Waals surface area contributed by atoms with Gasteiger partial charge in [-0.2, -0.15) is 21.6 Å². The van der Waals surface area contributed by atoms with Gasteiger partial charge < -0.3 is 9.47 Å². The minimum atomic E-state index is -4.65. The Labute approximate surface area is 198 Å². The lowest BCUT2D eigenvalue weighted by molar-refractivity contribution is -0.137. The summed E-state index contributed by atoms with van der Waals surface area (Å²) in [4.78, 5) is 7.51. The standard InChI is InChI=1S/C21H20ClF3N4O4S/c1-3-12(2)18-10-32-16-5-4-14(7-17(16)33-18)28-34(30,31)19-9-26-11-29(19)20-15(22)6-13(8-27-20)21(23,24)25/h4-9,11-12,18,28H,3,10H2,1-2H3. The number of nitrogens with one attached hydrogen (secondary N) is 1. The zero-order chi connectivity index (χ0) is 24.7. The molecule has 3 aromatic rings. The summed E-state index contributed by atoms with van der Waals surface area (Å²) < 4.78 is 80.0. The molecule has 1 aliphatic rings. The summed E-state index contributed by atoms with van der Waals surface area (Å²) in [5, 5.41) is -0.756. The third kappa shape index (κ3) is 4.78. The number of halogens is 4. The Bertz CT molecular complexity index is 1310. The first-order chi connectivity index (χ1) is 16.0. The zero-order valence-corrected chi connectivity index (χ0v) is 19.6. The first-order valence-corrected chi connectivity index (χ1v) is 12.1. The second kappa shape index (κ2) is 8.99. The number of alkyl halides is 3. The highest BCUT2D eigenvalue weighted by atomic mass is 35.5. The van der Waals surface area contributed by atoms with E-state index < -0.39 is 21.8 Å². The maximum atomic E-state index is 13.1. The van der Waals surface area contributed by atoms with Crippen molar-refractivity contribution in [3.8, 4) is 17.3 Å². The van der Waals surface area contributed by atoms with E-state index in [1.165, 1.54) is 12.1 Å². The third-order valence-electron chi connectivity index (χ3n) is 5.41. The molecule has 3 heterocycles. The van der Waals surface area contributed by atoms with Crippen LogP contribution < -0.4 is 14.2 Å². The number of ether oxygens (including phenoxy) is 2. The molecule has 2 aromatic heterocycles. The number of rotatable bonds is 6. The minimum Gasteiger partial charge on any atom is -0.486 e. The van der Waals surface area contributed by atoms with E-state index in [0.29, 0.717) is 30.4 Å². The zero-order valence-electron chi connectivity index (χ0n) is 18.0. The van der Waals surface area contributed by atoms with Gasteiger partial charge in [-0.3, -0.25) is 9.29 Å². The minimum absolute atomic E-state index is 0.168. The summed E-state index contributed by atoms with van der Waals surface area (Å²) in [6.45, 7) is 4.47. The fourth-order valence-electron chi connectivity index (χ4n) is 3.31. The number of pyridine rings is 1. The van der Waals surface area contributed by atoms with Crippen molar-refractivity contribution in [3.05, 3.63) is 53.6 Å². The maximum Gasteiger partial charge on any atom is 0.417 e. The number of benzene rings is 1. The number of fused-ring (bicyclic) bond motifs is 1. The van der Waals surface area contributed by atoms with Gasteiger partial charge in [-0.15, -0.1) is 0 Å². The lowest BCUT2D eigenvalue weighted by Gasteiger charge is -2.30. The molecule has 8 nitrogen and oxygen atoms in total. The van der Waals surface area contributed by atoms with Crippen LogP contribution in [0, 0.1) is 5.92 Å². The molecule has 34 heavy (non-hydrogen) atoms. The molecular formula is C21H20ClF3N4O4S. The van der Waals surface area contributed by atoms with Gasteiger partial charge in [0, 0.05) is 12.3 Å². The van der Waals surface area contributed by atoms with Crippen molar-refractivity contribution >= 4 is 27.3 Å². The molecule has 1 N–H and O–H groups in total. The summed E-state index contributed by atoms with van der Waals surface area (Å²) in [7, 11) is -4.23. The van der Waals surface area contributed by atoms with E-state index in [9.17, 15) is 21.6 Å². The van der Waals surface area contributed by atoms with Crippen molar-refractivity contribution in [2.45, 2.75) is 37.6 Å². The molecule has 4 rings (SSSR count). The van der Waals surface area contributed by atoms with Crippen molar-refractivity contribution in [1.82, 2.24) is 14.5 Å². The molecule has 0 bridgehead atoms. The summed E-state index contributed by atoms with van der Waals surface area (Å²) in [5.41, 5.74) is -0.859. The van der Waals surface area contributed by atoms with Crippen LogP contribution in [0.1, 0.15) is 25.8 Å². The van der Waals surface area contributed by atoms with Crippen LogP contribution in [-0.2, 0) is 16.2 Å². The molecule has 0 saturated heterocycles. The van der Waals surface area contributed by atoms with E-state index in [0.717, 1.165) is 23.5 Å². The number of aromatic nitrogens is 3. The lowest BCUT2D eigenvalue weighted by atomic mass is 10.0. The Morgan fingerprint density at radius 1 is 1.26 bits per heavy atom. The van der Waals surface area contributed by atoms with E-state index in [1.807, 2.05) is 13.8 Å². The van der Waals surface area contributed by atoms with E-state index in [4.69, 9.17) is 21.1 Å². The van der Waals surface area contributed by atoms with Gasteiger partial charge >= 0.3 is 6.18 Å². The molecule has 0 fully saturated rings. The number of hydrogen-bond donors (Lipinski definition) is 1. The monoisotopic (exact) mass is 516 g/mol. The van der Waals surface area contributed by atoms with Crippen molar-refractivity contribution in [2.24, 2.45) is 5.92 Å². The number of imidazole rings is 1. The topological polar surface area (TPSA) is 95.3 Å². The number of sulfonamides is 1. The van der Waals surface area contributed by atoms with Crippen molar-refractivity contribution in [3.63, 3.8) is 0 Å². The van der Waals surface area contributed by atoms with E-state index in [2.05, 4.69) is 14.7 Å². The Balaban J connectivity index is 1.62. The highest BCUT2D eigenvalue weighted by molar-refractivity contribution is 7.92. The molecule has 0 spiro atoms. The molecule has 2 unspecified atom stereocenters. The second-order valence-electron chi connectivity index (χ2n) is 7.75. The van der Waals surface area contributed by atoms with Crippen LogP contribution in [0.15, 0.2) is 48.0 Å². The van der Waals surface area contributed by atoms with E-state index in [-0.39, 0.29) is 33.6 Å². The number of hydrogen-bond acceptors (Lipinski definition) is 6. The van der Waals surface area contributed by atoms with Crippen molar-refractivity contribution in [2.75, 3.05) is 11.3 Å². The molecule has 1 aromatic carbocycles. The summed E-state index contributed by atoms with van der Waals surface area (Å²) in [6.07, 6.45) is -1.23. The summed E-state index contributed by atoms with van der Waals surface area (Å²) >= 11 is 5.98. The Morgan fingerprint density at radius 2 is 2.03 bits per heavy atom. The van der Waals surface area contributed by atoms with Gasteiger partial charge in [0.15, 0.2) is 22.3 Å². The first kappa shape index (κ1) is 24.1. The molecule has 13 heteroatoms. The maximum absolute atomic E-state index is 13.1. The predicted octanol–water partition coefficient (Wildman–Crippen LogP) is 4.93. The van der Waals surface area contributed by atoms with Crippen LogP contribution in [0.2, 0.25) is 5.02 Å². The third-order valence-corrected chi connectivity index (χ3v) is 7.05. The van der Waals surface area contributed by atoms with Crippen molar-refractivity contribution < 1.29 is 31.1 Å². The SMILES string of the molecule is CCC(C)C1COc2ccc(NS(=O)(=O)c3cncn3-c3ncc(C(F)(F)F)cc3Cl)cc2O1. The smallest absolute Gasteiger partial charge is 0.417 e. The fraction of sp³-hybridized carbons (Fsp3) is 0.333. The largest absolute Gasteiger partial charge is 0.486 e. The quantitative estimate of drug-likeness (QED) is 0.499. The number of anilines is 1. The molecule has 0 radical (unpaired) electrons. The Morgan fingerprint density at radius 3 is 2.71 bits per heavy atom. The normalized spacial score (nSPS) is 16.8. The van der Waals surface area contributed by atoms with E-state index in [1.54, 1.807) is 6.07 Å². The van der Waals surface area contributed by atoms with Gasteiger partial charge in [-0.25, -0.2) is 9.97 Å². The van der Waals surface area contributed by atoms with Crippen LogP contribution >= 0.6 is 11.6 Å². The average molecular weight is 517 g/mol. The summed E-state index contributed by atoms with van der Waals surface area (Å²) in [5.74, 6) is 0.918. The van der Waals surface area contributed by atoms with Crippen LogP contribution in [0.4, 0.5) is 18.9 Å². The lowest BCUT2D eigenvalue weighted by Crippen LogP contribution is -2.34. The highest BCUT2D eigenvalue weighted by Crippen LogP contribution is 2.37. The van der Waals surface area contributed by atoms with Gasteiger partial charge in [-0.1, -0.05) is 25.4 Å². The Hall–Kier alpha value is -2.99. The van der Waals surface area contributed by atoms with Crippen molar-refractivity contribution in [1.29, 1.82) is 0 Å². The van der Waals surface area contributed by atoms with Gasteiger partial charge in [0.25, 0.3) is 10.0 Å². The van der Waals surface area contributed by atoms with Crippen LogP contribution in [0.3, 0.4) is 0 Å². The van der Waals surface area contributed by atoms with E-state index >= 15 is 0 Å². The number of nitrogens with zero attached hydrogens (tertiary/aromatic N) is 3. The van der Waals surface area contributed by atoms with Crippen LogP contribution in [0.5, 0.6) is 11.5 Å². The molecule has 0 saturated carbocycles.